The van der Waals surface area contributed by atoms with Gasteiger partial charge in [0.1, 0.15) is 23.1 Å². The van der Waals surface area contributed by atoms with Crippen molar-refractivity contribution in [3.05, 3.63) is 71.7 Å². The fraction of sp³-hybridized carbons (Fsp3) is 0.387. The Morgan fingerprint density at radius 1 is 1.00 bits per heavy atom. The molecule has 204 valence electrons. The summed E-state index contributed by atoms with van der Waals surface area (Å²) in [6, 6.07) is 14.0. The lowest BCUT2D eigenvalue weighted by atomic mass is 9.77. The molecule has 3 aromatic rings. The highest BCUT2D eigenvalue weighted by Crippen LogP contribution is 2.44. The van der Waals surface area contributed by atoms with E-state index in [2.05, 4.69) is 22.0 Å². The molecule has 1 amide bonds. The van der Waals surface area contributed by atoms with Gasteiger partial charge < -0.3 is 9.47 Å². The molecule has 1 spiro atoms. The number of carbonyl (C=O) groups excluding carboxylic acids is 2. The Hall–Kier alpha value is -3.78. The number of aldehydes is 1. The summed E-state index contributed by atoms with van der Waals surface area (Å²) in [6.07, 6.45) is 4.63. The summed E-state index contributed by atoms with van der Waals surface area (Å²) in [5.74, 6) is 1.87. The molecule has 2 aliphatic heterocycles. The molecule has 0 unspecified atom stereocenters. The highest BCUT2D eigenvalue weighted by molar-refractivity contribution is 5.95. The lowest BCUT2D eigenvalue weighted by Crippen LogP contribution is -2.41. The molecule has 2 fully saturated rings. The van der Waals surface area contributed by atoms with Crippen molar-refractivity contribution in [1.29, 1.82) is 0 Å². The van der Waals surface area contributed by atoms with E-state index in [0.29, 0.717) is 37.6 Å². The summed E-state index contributed by atoms with van der Waals surface area (Å²) in [5.41, 5.74) is 3.21. The highest BCUT2D eigenvalue weighted by atomic mass is 19.1. The minimum Gasteiger partial charge on any atom is -0.493 e. The molecule has 0 radical (unpaired) electrons. The molecule has 8 heteroatoms. The van der Waals surface area contributed by atoms with E-state index in [4.69, 9.17) is 9.47 Å². The van der Waals surface area contributed by atoms with E-state index in [0.717, 1.165) is 67.0 Å². The smallest absolute Gasteiger partial charge is 0.228 e. The Morgan fingerprint density at radius 3 is 2.23 bits per heavy atom. The zero-order chi connectivity index (χ0) is 27.4. The van der Waals surface area contributed by atoms with Gasteiger partial charge in [-0.25, -0.2) is 9.37 Å². The normalized spacial score (nSPS) is 17.0. The molecular weight excluding hydrogens is 497 g/mol. The van der Waals surface area contributed by atoms with Crippen LogP contribution in [-0.4, -0.2) is 54.9 Å². The summed E-state index contributed by atoms with van der Waals surface area (Å²) in [4.78, 5) is 32.4. The molecule has 7 nitrogen and oxygen atoms in total. The van der Waals surface area contributed by atoms with Crippen molar-refractivity contribution in [2.45, 2.75) is 39.7 Å². The molecule has 5 rings (SSSR count). The average molecular weight is 532 g/mol. The van der Waals surface area contributed by atoms with Gasteiger partial charge in [0.15, 0.2) is 6.29 Å². The van der Waals surface area contributed by atoms with Crippen molar-refractivity contribution < 1.29 is 23.5 Å². The van der Waals surface area contributed by atoms with Crippen LogP contribution in [0.3, 0.4) is 0 Å². The maximum atomic E-state index is 13.6. The predicted molar refractivity (Wildman–Crippen MR) is 148 cm³/mol. The number of amides is 1. The Morgan fingerprint density at radius 2 is 1.67 bits per heavy atom. The number of ether oxygens (including phenoxy) is 2. The molecule has 0 bridgehead atoms. The molecule has 3 heterocycles. The number of hydrogen-bond acceptors (Lipinski definition) is 6. The standard InChI is InChI=1S/C31H34FN3O4/c1-3-38-26-15-23(16-27(39-4-2)30(26)24-6-8-25(32)9-7-24)19-34-13-11-31(12-14-34)17-29(37)35(21-31)28-10-5-22(20-36)18-33-28/h5-10,15-16,18,20H,3-4,11-14,17,19,21H2,1-2H3. The quantitative estimate of drug-likeness (QED) is 0.339. The van der Waals surface area contributed by atoms with Crippen LogP contribution in [0, 0.1) is 11.2 Å². The number of rotatable bonds is 9. The van der Waals surface area contributed by atoms with E-state index in [1.54, 1.807) is 29.2 Å². The van der Waals surface area contributed by atoms with Crippen molar-refractivity contribution >= 4 is 18.0 Å². The summed E-state index contributed by atoms with van der Waals surface area (Å²) in [7, 11) is 0. The molecule has 2 aliphatic rings. The van der Waals surface area contributed by atoms with Gasteiger partial charge in [-0.15, -0.1) is 0 Å². The molecule has 2 saturated heterocycles. The van der Waals surface area contributed by atoms with Crippen LogP contribution in [0.5, 0.6) is 11.5 Å². The number of pyridine rings is 1. The zero-order valence-corrected chi connectivity index (χ0v) is 22.5. The average Bonchev–Trinajstić information content (AvgIpc) is 3.26. The van der Waals surface area contributed by atoms with Crippen LogP contribution in [0.4, 0.5) is 10.2 Å². The summed E-state index contributed by atoms with van der Waals surface area (Å²) in [6.45, 7) is 8.07. The van der Waals surface area contributed by atoms with Gasteiger partial charge >= 0.3 is 0 Å². The molecule has 0 N–H and O–H groups in total. The van der Waals surface area contributed by atoms with Crippen molar-refractivity contribution in [1.82, 2.24) is 9.88 Å². The maximum absolute atomic E-state index is 13.6. The molecule has 0 atom stereocenters. The lowest BCUT2D eigenvalue weighted by Gasteiger charge is -2.38. The van der Waals surface area contributed by atoms with Crippen molar-refractivity contribution in [3.63, 3.8) is 0 Å². The number of halogens is 1. The largest absolute Gasteiger partial charge is 0.493 e. The first kappa shape index (κ1) is 26.8. The SMILES string of the molecule is CCOc1cc(CN2CCC3(CC2)CC(=O)N(c2ccc(C=O)cn2)C3)cc(OCC)c1-c1ccc(F)cc1. The maximum Gasteiger partial charge on any atom is 0.228 e. The van der Waals surface area contributed by atoms with Crippen LogP contribution in [-0.2, 0) is 11.3 Å². The van der Waals surface area contributed by atoms with E-state index in [9.17, 15) is 14.0 Å². The second-order valence-corrected chi connectivity index (χ2v) is 10.3. The second kappa shape index (κ2) is 11.5. The summed E-state index contributed by atoms with van der Waals surface area (Å²) in [5, 5.41) is 0. The summed E-state index contributed by atoms with van der Waals surface area (Å²) >= 11 is 0. The molecule has 39 heavy (non-hydrogen) atoms. The van der Waals surface area contributed by atoms with Crippen molar-refractivity contribution in [2.75, 3.05) is 37.7 Å². The molecular formula is C31H34FN3O4. The monoisotopic (exact) mass is 531 g/mol. The molecule has 0 saturated carbocycles. The Labute approximate surface area is 228 Å². The predicted octanol–water partition coefficient (Wildman–Crippen LogP) is 5.52. The van der Waals surface area contributed by atoms with Gasteiger partial charge in [0.05, 0.1) is 18.8 Å². The molecule has 0 aliphatic carbocycles. The summed E-state index contributed by atoms with van der Waals surface area (Å²) < 4.78 is 25.7. The van der Waals surface area contributed by atoms with Gasteiger partial charge in [-0.1, -0.05) is 12.1 Å². The third kappa shape index (κ3) is 5.81. The first-order chi connectivity index (χ1) is 18.9. The third-order valence-corrected chi connectivity index (χ3v) is 7.69. The number of piperidine rings is 1. The van der Waals surface area contributed by atoms with Crippen molar-refractivity contribution in [3.8, 4) is 22.6 Å². The number of hydrogen-bond donors (Lipinski definition) is 0. The van der Waals surface area contributed by atoms with Gasteiger partial charge in [-0.05, 0) is 92.7 Å². The van der Waals surface area contributed by atoms with Gasteiger partial charge in [0, 0.05) is 31.3 Å². The van der Waals surface area contributed by atoms with E-state index in [1.807, 2.05) is 13.8 Å². The van der Waals surface area contributed by atoms with Crippen LogP contribution >= 0.6 is 0 Å². The fourth-order valence-electron chi connectivity index (χ4n) is 5.69. The fourth-order valence-corrected chi connectivity index (χ4v) is 5.69. The Bertz CT molecular complexity index is 1290. The number of benzene rings is 2. The minimum atomic E-state index is -0.284. The van der Waals surface area contributed by atoms with E-state index in [-0.39, 0.29) is 17.1 Å². The number of aromatic nitrogens is 1. The van der Waals surface area contributed by atoms with Crippen LogP contribution in [0.25, 0.3) is 11.1 Å². The zero-order valence-electron chi connectivity index (χ0n) is 22.5. The van der Waals surface area contributed by atoms with Crippen molar-refractivity contribution in [2.24, 2.45) is 5.41 Å². The Kier molecular flexibility index (Phi) is 7.93. The van der Waals surface area contributed by atoms with Crippen LogP contribution in [0.2, 0.25) is 0 Å². The first-order valence-electron chi connectivity index (χ1n) is 13.6. The van der Waals surface area contributed by atoms with Crippen LogP contribution in [0.1, 0.15) is 49.0 Å². The van der Waals surface area contributed by atoms with Gasteiger partial charge in [-0.2, -0.15) is 0 Å². The van der Waals surface area contributed by atoms with Gasteiger partial charge in [-0.3, -0.25) is 19.4 Å². The van der Waals surface area contributed by atoms with E-state index < -0.39 is 0 Å². The number of nitrogens with zero attached hydrogens (tertiary/aromatic N) is 3. The highest BCUT2D eigenvalue weighted by Gasteiger charge is 2.45. The molecule has 2 aromatic carbocycles. The van der Waals surface area contributed by atoms with Crippen LogP contribution < -0.4 is 14.4 Å². The lowest BCUT2D eigenvalue weighted by molar-refractivity contribution is -0.118. The Balaban J connectivity index is 1.30. The van der Waals surface area contributed by atoms with E-state index >= 15 is 0 Å². The minimum absolute atomic E-state index is 0.0575. The second-order valence-electron chi connectivity index (χ2n) is 10.3. The topological polar surface area (TPSA) is 72.0 Å². The number of likely N-dealkylation sites (tertiary alicyclic amines) is 1. The van der Waals surface area contributed by atoms with Gasteiger partial charge in [0.2, 0.25) is 5.91 Å². The first-order valence-corrected chi connectivity index (χ1v) is 13.6. The number of carbonyl (C=O) groups is 2. The number of anilines is 1. The van der Waals surface area contributed by atoms with E-state index in [1.165, 1.54) is 18.3 Å². The van der Waals surface area contributed by atoms with Gasteiger partial charge in [0.25, 0.3) is 0 Å². The third-order valence-electron chi connectivity index (χ3n) is 7.69. The molecule has 1 aromatic heterocycles. The van der Waals surface area contributed by atoms with Crippen LogP contribution in [0.15, 0.2) is 54.7 Å².